The number of nitrogens with one attached hydrogen (secondary N) is 1. The minimum absolute atomic E-state index is 0.116. The highest BCUT2D eigenvalue weighted by atomic mass is 16.5. The molecular weight excluding hydrogens is 402 g/mol. The van der Waals surface area contributed by atoms with Gasteiger partial charge in [-0.3, -0.25) is 9.59 Å². The van der Waals surface area contributed by atoms with Gasteiger partial charge in [-0.15, -0.1) is 0 Å². The number of carbonyl (C=O) groups excluding carboxylic acids is 1. The molecule has 6 heteroatoms. The van der Waals surface area contributed by atoms with E-state index in [1.54, 1.807) is 17.8 Å². The normalized spacial score (nSPS) is 18.7. The zero-order chi connectivity index (χ0) is 22.7. The number of nitrogens with zero attached hydrogens (tertiary/aromatic N) is 2. The second-order valence-electron chi connectivity index (χ2n) is 8.87. The summed E-state index contributed by atoms with van der Waals surface area (Å²) in [7, 11) is 3.63. The van der Waals surface area contributed by atoms with Crippen LogP contribution in [0.25, 0.3) is 22.0 Å². The average Bonchev–Trinajstić information content (AvgIpc) is 3.16. The maximum atomic E-state index is 13.2. The number of fused-ring (bicyclic) bond motifs is 1. The van der Waals surface area contributed by atoms with Gasteiger partial charge in [0.05, 0.1) is 22.6 Å². The number of hydrogen-bond acceptors (Lipinski definition) is 3. The van der Waals surface area contributed by atoms with Gasteiger partial charge in [-0.1, -0.05) is 43.7 Å². The van der Waals surface area contributed by atoms with E-state index in [1.807, 2.05) is 48.1 Å². The van der Waals surface area contributed by atoms with Gasteiger partial charge in [0.15, 0.2) is 0 Å². The third-order valence-electron chi connectivity index (χ3n) is 6.48. The van der Waals surface area contributed by atoms with Crippen LogP contribution in [-0.2, 0) is 18.8 Å². The molecule has 1 fully saturated rings. The average molecular weight is 436 g/mol. The van der Waals surface area contributed by atoms with E-state index in [4.69, 9.17) is 4.74 Å². The van der Waals surface area contributed by atoms with E-state index in [9.17, 15) is 9.59 Å². The van der Waals surface area contributed by atoms with Crippen molar-refractivity contribution in [3.8, 4) is 11.1 Å². The molecule has 32 heavy (non-hydrogen) atoms. The number of amides is 1. The molecule has 1 N–H and O–H groups in total. The Morgan fingerprint density at radius 3 is 2.47 bits per heavy atom. The second kappa shape index (κ2) is 9.74. The molecule has 0 aliphatic heterocycles. The first kappa shape index (κ1) is 22.3. The second-order valence-corrected chi connectivity index (χ2v) is 8.87. The van der Waals surface area contributed by atoms with Crippen molar-refractivity contribution in [3.05, 3.63) is 58.6 Å². The van der Waals surface area contributed by atoms with Crippen molar-refractivity contribution in [1.29, 1.82) is 0 Å². The van der Waals surface area contributed by atoms with E-state index in [0.29, 0.717) is 17.1 Å². The summed E-state index contributed by atoms with van der Waals surface area (Å²) in [4.78, 5) is 26.3. The fraction of sp³-hybridized carbons (Fsp3) is 0.462. The number of pyridine rings is 1. The van der Waals surface area contributed by atoms with E-state index in [0.717, 1.165) is 61.8 Å². The van der Waals surface area contributed by atoms with Crippen LogP contribution in [0, 0.1) is 0 Å². The number of ether oxygens (including phenoxy) is 1. The highest BCUT2D eigenvalue weighted by Gasteiger charge is 2.26. The maximum Gasteiger partial charge on any atom is 0.260 e. The highest BCUT2D eigenvalue weighted by molar-refractivity contribution is 6.09. The van der Waals surface area contributed by atoms with Crippen LogP contribution in [-0.4, -0.2) is 33.8 Å². The largest absolute Gasteiger partial charge is 0.378 e. The van der Waals surface area contributed by atoms with Crippen molar-refractivity contribution in [3.63, 3.8) is 0 Å². The molecule has 0 radical (unpaired) electrons. The summed E-state index contributed by atoms with van der Waals surface area (Å²) in [5, 5.41) is 3.66. The van der Waals surface area contributed by atoms with Gasteiger partial charge in [0.2, 0.25) is 0 Å². The van der Waals surface area contributed by atoms with Gasteiger partial charge in [0.1, 0.15) is 0 Å². The molecule has 0 atom stereocenters. The molecule has 1 saturated carbocycles. The molecule has 3 aromatic rings. The Hall–Kier alpha value is -2.86. The van der Waals surface area contributed by atoms with Crippen LogP contribution in [0.2, 0.25) is 0 Å². The van der Waals surface area contributed by atoms with E-state index in [2.05, 4.69) is 12.2 Å². The number of aromatic nitrogens is 2. The van der Waals surface area contributed by atoms with Crippen molar-refractivity contribution in [1.82, 2.24) is 14.5 Å². The molecule has 1 aliphatic carbocycles. The first-order chi connectivity index (χ1) is 15.5. The molecular formula is C26H33N3O3. The Bertz CT molecular complexity index is 1140. The van der Waals surface area contributed by atoms with Crippen molar-refractivity contribution >= 4 is 16.8 Å². The van der Waals surface area contributed by atoms with Crippen molar-refractivity contribution in [2.24, 2.45) is 14.1 Å². The summed E-state index contributed by atoms with van der Waals surface area (Å²) in [5.74, 6) is -0.173. The Labute approximate surface area is 189 Å². The molecule has 170 valence electrons. The quantitative estimate of drug-likeness (QED) is 0.560. The summed E-state index contributed by atoms with van der Waals surface area (Å²) in [6.45, 7) is 2.99. The minimum Gasteiger partial charge on any atom is -0.378 e. The zero-order valence-corrected chi connectivity index (χ0v) is 19.3. The molecule has 1 amide bonds. The lowest BCUT2D eigenvalue weighted by molar-refractivity contribution is 0.0209. The summed E-state index contributed by atoms with van der Waals surface area (Å²) >= 11 is 0. The molecule has 0 saturated heterocycles. The first-order valence-electron chi connectivity index (χ1n) is 11.7. The van der Waals surface area contributed by atoms with Gasteiger partial charge in [0.25, 0.3) is 11.5 Å². The number of benzene rings is 1. The Morgan fingerprint density at radius 1 is 1.06 bits per heavy atom. The summed E-state index contributed by atoms with van der Waals surface area (Å²) < 4.78 is 9.41. The van der Waals surface area contributed by atoms with E-state index < -0.39 is 0 Å². The Kier molecular flexibility index (Phi) is 6.80. The SMILES string of the molecule is CCCCOC1CCC(NC(=O)c2cn(C)c3c(-c4ccccc4)cn(C)c(=O)c23)CC1. The van der Waals surface area contributed by atoms with Crippen LogP contribution < -0.4 is 10.9 Å². The van der Waals surface area contributed by atoms with Crippen LogP contribution >= 0.6 is 0 Å². The lowest BCUT2D eigenvalue weighted by Gasteiger charge is -2.29. The minimum atomic E-state index is -0.173. The van der Waals surface area contributed by atoms with Crippen LogP contribution in [0.15, 0.2) is 47.5 Å². The number of aryl methyl sites for hydroxylation is 2. The molecule has 0 unspecified atom stereocenters. The predicted molar refractivity (Wildman–Crippen MR) is 128 cm³/mol. The van der Waals surface area contributed by atoms with E-state index in [-0.39, 0.29) is 17.5 Å². The third kappa shape index (κ3) is 4.51. The number of unbranched alkanes of at least 4 members (excludes halogenated alkanes) is 1. The van der Waals surface area contributed by atoms with Crippen molar-refractivity contribution in [2.45, 2.75) is 57.6 Å². The molecule has 6 nitrogen and oxygen atoms in total. The molecule has 1 aromatic carbocycles. The van der Waals surface area contributed by atoms with Crippen LogP contribution in [0.3, 0.4) is 0 Å². The van der Waals surface area contributed by atoms with Gasteiger partial charge in [-0.2, -0.15) is 0 Å². The smallest absolute Gasteiger partial charge is 0.260 e. The van der Waals surface area contributed by atoms with Crippen molar-refractivity contribution in [2.75, 3.05) is 6.61 Å². The lowest BCUT2D eigenvalue weighted by atomic mass is 9.92. The fourth-order valence-electron chi connectivity index (χ4n) is 4.69. The predicted octanol–water partition coefficient (Wildman–Crippen LogP) is 4.40. The van der Waals surface area contributed by atoms with Gasteiger partial charge < -0.3 is 19.2 Å². The van der Waals surface area contributed by atoms with E-state index >= 15 is 0 Å². The molecule has 1 aliphatic rings. The summed E-state index contributed by atoms with van der Waals surface area (Å²) in [5.41, 5.74) is 3.04. The van der Waals surface area contributed by atoms with Crippen LogP contribution in [0.4, 0.5) is 0 Å². The number of hydrogen-bond donors (Lipinski definition) is 1. The van der Waals surface area contributed by atoms with Crippen molar-refractivity contribution < 1.29 is 9.53 Å². The maximum absolute atomic E-state index is 13.2. The fourth-order valence-corrected chi connectivity index (χ4v) is 4.69. The van der Waals surface area contributed by atoms with Gasteiger partial charge >= 0.3 is 0 Å². The number of rotatable bonds is 7. The van der Waals surface area contributed by atoms with Gasteiger partial charge in [-0.25, -0.2) is 0 Å². The topological polar surface area (TPSA) is 65.3 Å². The van der Waals surface area contributed by atoms with Crippen LogP contribution in [0.5, 0.6) is 0 Å². The highest BCUT2D eigenvalue weighted by Crippen LogP contribution is 2.29. The molecule has 0 bridgehead atoms. The standard InChI is InChI=1S/C26H33N3O3/c1-4-5-15-32-20-13-11-19(12-14-20)27-25(30)22-17-28(2)24-21(18-9-7-6-8-10-18)16-29(3)26(31)23(22)24/h6-10,16-17,19-20H,4-5,11-15H2,1-3H3,(H,27,30). The first-order valence-corrected chi connectivity index (χ1v) is 11.7. The lowest BCUT2D eigenvalue weighted by Crippen LogP contribution is -2.39. The Balaban J connectivity index is 1.57. The zero-order valence-electron chi connectivity index (χ0n) is 19.3. The molecule has 2 heterocycles. The van der Waals surface area contributed by atoms with Gasteiger partial charge in [-0.05, 0) is 37.7 Å². The van der Waals surface area contributed by atoms with Gasteiger partial charge in [0, 0.05) is 44.7 Å². The molecule has 0 spiro atoms. The summed E-state index contributed by atoms with van der Waals surface area (Å²) in [6, 6.07) is 10.1. The van der Waals surface area contributed by atoms with E-state index in [1.165, 1.54) is 0 Å². The molecule has 4 rings (SSSR count). The summed E-state index contributed by atoms with van der Waals surface area (Å²) in [6.07, 6.45) is 9.90. The monoisotopic (exact) mass is 435 g/mol. The molecule has 2 aromatic heterocycles. The van der Waals surface area contributed by atoms with Crippen LogP contribution in [0.1, 0.15) is 55.8 Å². The third-order valence-corrected chi connectivity index (χ3v) is 6.48. The Morgan fingerprint density at radius 2 is 1.78 bits per heavy atom. The number of carbonyl (C=O) groups is 1.